The topological polar surface area (TPSA) is 65.3 Å². The first-order valence-corrected chi connectivity index (χ1v) is 11.9. The molecule has 0 saturated carbocycles. The average molecular weight is 487 g/mol. The van der Waals surface area contributed by atoms with Crippen molar-refractivity contribution in [2.45, 2.75) is 38.6 Å². The number of aromatic hydroxyl groups is 2. The number of nitrogens with zero attached hydrogens (tertiary/aromatic N) is 2. The van der Waals surface area contributed by atoms with Crippen LogP contribution in [0.3, 0.4) is 0 Å². The molecule has 0 radical (unpaired) electrons. The third-order valence-electron chi connectivity index (χ3n) is 6.56. The number of benzene rings is 3. The van der Waals surface area contributed by atoms with Crippen molar-refractivity contribution in [1.29, 1.82) is 0 Å². The molecule has 0 spiro atoms. The molecule has 3 aromatic carbocycles. The number of rotatable bonds is 6. The van der Waals surface area contributed by atoms with E-state index in [4.69, 9.17) is 21.9 Å². The van der Waals surface area contributed by atoms with Gasteiger partial charge in [0.15, 0.2) is 0 Å². The highest BCUT2D eigenvalue weighted by Crippen LogP contribution is 2.44. The van der Waals surface area contributed by atoms with Crippen LogP contribution >= 0.6 is 12.2 Å². The number of phenols is 2. The number of methoxy groups -OCH3 is 1. The zero-order valence-corrected chi connectivity index (χ0v) is 21.3. The van der Waals surface area contributed by atoms with Crippen molar-refractivity contribution in [2.75, 3.05) is 12.0 Å². The molecule has 1 aliphatic rings. The molecule has 1 aliphatic heterocycles. The largest absolute Gasteiger partial charge is 0.508 e. The summed E-state index contributed by atoms with van der Waals surface area (Å²) in [6.45, 7) is 10.0. The van der Waals surface area contributed by atoms with Crippen molar-refractivity contribution < 1.29 is 14.9 Å². The number of aliphatic imine (C=N–C) groups is 1. The van der Waals surface area contributed by atoms with Gasteiger partial charge in [-0.15, -0.1) is 6.58 Å². The number of hydrogen-bond donors (Lipinski definition) is 2. The molecule has 0 amide bonds. The predicted molar refractivity (Wildman–Crippen MR) is 146 cm³/mol. The van der Waals surface area contributed by atoms with E-state index in [0.717, 1.165) is 33.7 Å². The number of phenolic OH excluding ortho intramolecular Hbond substituents is 2. The SMILES string of the molecule is C=CC(C)(C)c1cc(C2CC(c3ccc(O)cc3)=NC(=S)N2c2ccc(C)cc2)c(OC)cc1O. The molecule has 180 valence electrons. The maximum atomic E-state index is 10.8. The second kappa shape index (κ2) is 9.55. The van der Waals surface area contributed by atoms with Crippen LogP contribution in [0, 0.1) is 6.92 Å². The molecule has 2 N–H and O–H groups in total. The predicted octanol–water partition coefficient (Wildman–Crippen LogP) is 6.60. The van der Waals surface area contributed by atoms with E-state index in [9.17, 15) is 10.2 Å². The molecular formula is C29H30N2O3S. The Kier molecular flexibility index (Phi) is 6.68. The Hall–Kier alpha value is -3.64. The van der Waals surface area contributed by atoms with Crippen molar-refractivity contribution in [2.24, 2.45) is 4.99 Å². The third-order valence-corrected chi connectivity index (χ3v) is 6.85. The zero-order valence-electron chi connectivity index (χ0n) is 20.4. The molecule has 5 nitrogen and oxygen atoms in total. The fourth-order valence-electron chi connectivity index (χ4n) is 4.35. The van der Waals surface area contributed by atoms with Crippen LogP contribution in [0.25, 0.3) is 0 Å². The van der Waals surface area contributed by atoms with Crippen LogP contribution in [0.15, 0.2) is 78.3 Å². The van der Waals surface area contributed by atoms with E-state index in [2.05, 4.69) is 18.7 Å². The lowest BCUT2D eigenvalue weighted by Gasteiger charge is -2.38. The van der Waals surface area contributed by atoms with Gasteiger partial charge in [0.05, 0.1) is 18.9 Å². The van der Waals surface area contributed by atoms with E-state index < -0.39 is 5.41 Å². The Morgan fingerprint density at radius 1 is 1.09 bits per heavy atom. The van der Waals surface area contributed by atoms with Gasteiger partial charge in [-0.2, -0.15) is 0 Å². The molecule has 0 bridgehead atoms. The van der Waals surface area contributed by atoms with Crippen molar-refractivity contribution in [1.82, 2.24) is 0 Å². The fraction of sp³-hybridized carbons (Fsp3) is 0.241. The molecule has 1 unspecified atom stereocenters. The van der Waals surface area contributed by atoms with Crippen LogP contribution < -0.4 is 9.64 Å². The number of ether oxygens (including phenoxy) is 1. The first-order chi connectivity index (χ1) is 16.6. The van der Waals surface area contributed by atoms with Crippen LogP contribution in [0.4, 0.5) is 5.69 Å². The van der Waals surface area contributed by atoms with Crippen LogP contribution in [0.5, 0.6) is 17.2 Å². The van der Waals surface area contributed by atoms with Gasteiger partial charge >= 0.3 is 0 Å². The minimum Gasteiger partial charge on any atom is -0.508 e. The molecule has 1 heterocycles. The van der Waals surface area contributed by atoms with Gasteiger partial charge in [0, 0.05) is 34.7 Å². The molecule has 0 saturated heterocycles. The summed E-state index contributed by atoms with van der Waals surface area (Å²) < 4.78 is 5.75. The Bertz CT molecular complexity index is 1290. The highest BCUT2D eigenvalue weighted by atomic mass is 32.1. The molecule has 35 heavy (non-hydrogen) atoms. The fourth-order valence-corrected chi connectivity index (χ4v) is 4.70. The van der Waals surface area contributed by atoms with Crippen LogP contribution in [-0.4, -0.2) is 28.1 Å². The summed E-state index contributed by atoms with van der Waals surface area (Å²) in [5.74, 6) is 0.924. The van der Waals surface area contributed by atoms with Crippen LogP contribution in [0.1, 0.15) is 48.6 Å². The van der Waals surface area contributed by atoms with Crippen molar-refractivity contribution in [3.05, 3.63) is 95.6 Å². The van der Waals surface area contributed by atoms with E-state index in [0.29, 0.717) is 17.3 Å². The highest BCUT2D eigenvalue weighted by Gasteiger charge is 2.34. The molecule has 1 atom stereocenters. The summed E-state index contributed by atoms with van der Waals surface area (Å²) >= 11 is 5.84. The molecular weight excluding hydrogens is 456 g/mol. The summed E-state index contributed by atoms with van der Waals surface area (Å²) in [6.07, 6.45) is 2.37. The van der Waals surface area contributed by atoms with Crippen molar-refractivity contribution in [3.63, 3.8) is 0 Å². The van der Waals surface area contributed by atoms with Crippen LogP contribution in [0.2, 0.25) is 0 Å². The molecule has 4 rings (SSSR count). The molecule has 0 aromatic heterocycles. The highest BCUT2D eigenvalue weighted by molar-refractivity contribution is 7.80. The lowest BCUT2D eigenvalue weighted by Crippen LogP contribution is -2.39. The number of allylic oxidation sites excluding steroid dienone is 1. The Morgan fingerprint density at radius 2 is 1.74 bits per heavy atom. The molecule has 6 heteroatoms. The lowest BCUT2D eigenvalue weighted by atomic mass is 9.81. The number of thiocarbonyl (C=S) groups is 1. The Balaban J connectivity index is 1.92. The maximum Gasteiger partial charge on any atom is 0.200 e. The monoisotopic (exact) mass is 486 g/mol. The average Bonchev–Trinajstić information content (AvgIpc) is 2.84. The minimum absolute atomic E-state index is 0.156. The minimum atomic E-state index is -0.456. The lowest BCUT2D eigenvalue weighted by molar-refractivity contribution is 0.395. The first-order valence-electron chi connectivity index (χ1n) is 11.5. The van der Waals surface area contributed by atoms with Gasteiger partial charge < -0.3 is 19.8 Å². The zero-order chi connectivity index (χ0) is 25.3. The number of aryl methyl sites for hydroxylation is 1. The maximum absolute atomic E-state index is 10.8. The summed E-state index contributed by atoms with van der Waals surface area (Å²) in [5, 5.41) is 21.0. The molecule has 3 aromatic rings. The Morgan fingerprint density at radius 3 is 2.34 bits per heavy atom. The molecule has 0 fully saturated rings. The van der Waals surface area contributed by atoms with E-state index >= 15 is 0 Å². The first kappa shape index (κ1) is 24.5. The summed E-state index contributed by atoms with van der Waals surface area (Å²) in [7, 11) is 1.60. The summed E-state index contributed by atoms with van der Waals surface area (Å²) in [4.78, 5) is 6.82. The second-order valence-corrected chi connectivity index (χ2v) is 9.72. The van der Waals surface area contributed by atoms with E-state index in [1.807, 2.05) is 62.1 Å². The summed E-state index contributed by atoms with van der Waals surface area (Å²) in [6, 6.07) is 18.6. The standard InChI is InChI=1S/C29H30N2O3S/c1-6-29(3,4)23-15-22(27(34-5)17-26(23)33)25-16-24(19-9-13-21(32)14-10-19)30-28(35)31(25)20-11-7-18(2)8-12-20/h6-15,17,25,32-33H,1,16H2,2-5H3. The van der Waals surface area contributed by atoms with Gasteiger partial charge in [-0.05, 0) is 67.2 Å². The van der Waals surface area contributed by atoms with Gasteiger partial charge in [-0.3, -0.25) is 0 Å². The van der Waals surface area contributed by atoms with Gasteiger partial charge in [-0.25, -0.2) is 4.99 Å². The quantitative estimate of drug-likeness (QED) is 0.303. The molecule has 0 aliphatic carbocycles. The van der Waals surface area contributed by atoms with E-state index in [-0.39, 0.29) is 17.5 Å². The van der Waals surface area contributed by atoms with Crippen molar-refractivity contribution >= 4 is 28.7 Å². The van der Waals surface area contributed by atoms with E-state index in [1.54, 1.807) is 25.3 Å². The van der Waals surface area contributed by atoms with Crippen molar-refractivity contribution in [3.8, 4) is 17.2 Å². The van der Waals surface area contributed by atoms with Gasteiger partial charge in [-0.1, -0.05) is 37.6 Å². The van der Waals surface area contributed by atoms with Gasteiger partial charge in [0.25, 0.3) is 0 Å². The van der Waals surface area contributed by atoms with E-state index in [1.165, 1.54) is 0 Å². The smallest absolute Gasteiger partial charge is 0.200 e. The Labute approximate surface area is 212 Å². The number of anilines is 1. The second-order valence-electron chi connectivity index (χ2n) is 9.35. The van der Waals surface area contributed by atoms with Crippen LogP contribution in [-0.2, 0) is 5.41 Å². The normalized spacial score (nSPS) is 16.1. The van der Waals surface area contributed by atoms with Gasteiger partial charge in [0.2, 0.25) is 5.11 Å². The summed E-state index contributed by atoms with van der Waals surface area (Å²) in [5.41, 5.74) is 4.99. The van der Waals surface area contributed by atoms with Gasteiger partial charge in [0.1, 0.15) is 17.2 Å². The number of hydrogen-bond acceptors (Lipinski definition) is 4. The third kappa shape index (κ3) is 4.80.